The van der Waals surface area contributed by atoms with E-state index in [1.54, 1.807) is 4.68 Å². The van der Waals surface area contributed by atoms with Gasteiger partial charge in [0.05, 0.1) is 12.7 Å². The van der Waals surface area contributed by atoms with Gasteiger partial charge in [0.2, 0.25) is 0 Å². The van der Waals surface area contributed by atoms with E-state index in [1.165, 1.54) is 0 Å². The number of aryl methyl sites for hydroxylation is 1. The molecule has 0 amide bonds. The highest BCUT2D eigenvalue weighted by Gasteiger charge is 1.92. The molecule has 0 atom stereocenters. The van der Waals surface area contributed by atoms with Crippen molar-refractivity contribution in [1.29, 1.82) is 0 Å². The van der Waals surface area contributed by atoms with Gasteiger partial charge in [-0.25, -0.2) is 0 Å². The fourth-order valence-corrected chi connectivity index (χ4v) is 0.842. The molecule has 0 unspecified atom stereocenters. The third-order valence-corrected chi connectivity index (χ3v) is 1.31. The molecule has 0 fully saturated rings. The summed E-state index contributed by atoms with van der Waals surface area (Å²) in [6.45, 7) is 1.40. The molecule has 0 bridgehead atoms. The van der Waals surface area contributed by atoms with Crippen molar-refractivity contribution in [3.63, 3.8) is 0 Å². The largest absolute Gasteiger partial charge is 0.302 e. The van der Waals surface area contributed by atoms with Crippen LogP contribution in [0.15, 0.2) is 12.4 Å². The highest BCUT2D eigenvalue weighted by atomic mass is 15.2. The molecule has 3 nitrogen and oxygen atoms in total. The standard InChI is InChI=1S/C8H11N3/c1-3-4-9-5-8-6-10-11(2)7-8/h1,6-7,9H,4-5H2,2H3. The first kappa shape index (κ1) is 7.83. The minimum atomic E-state index is 0.606. The monoisotopic (exact) mass is 149 g/mol. The van der Waals surface area contributed by atoms with Crippen LogP contribution in [0.4, 0.5) is 0 Å². The molecule has 0 aliphatic carbocycles. The Morgan fingerprint density at radius 3 is 3.18 bits per heavy atom. The van der Waals surface area contributed by atoms with Gasteiger partial charge in [0.25, 0.3) is 0 Å². The molecule has 1 heterocycles. The highest BCUT2D eigenvalue weighted by Crippen LogP contribution is 1.93. The van der Waals surface area contributed by atoms with Gasteiger partial charge in [0.15, 0.2) is 0 Å². The van der Waals surface area contributed by atoms with Crippen LogP contribution in [0.25, 0.3) is 0 Å². The van der Waals surface area contributed by atoms with Gasteiger partial charge in [-0.3, -0.25) is 4.68 Å². The van der Waals surface area contributed by atoms with E-state index in [0.717, 1.165) is 12.1 Å². The lowest BCUT2D eigenvalue weighted by molar-refractivity contribution is 0.755. The van der Waals surface area contributed by atoms with Crippen LogP contribution in [0.3, 0.4) is 0 Å². The van der Waals surface area contributed by atoms with Crippen LogP contribution < -0.4 is 5.32 Å². The summed E-state index contributed by atoms with van der Waals surface area (Å²) in [4.78, 5) is 0. The van der Waals surface area contributed by atoms with Gasteiger partial charge in [-0.15, -0.1) is 6.42 Å². The summed E-state index contributed by atoms with van der Waals surface area (Å²) >= 11 is 0. The SMILES string of the molecule is C#CCNCc1cnn(C)c1. The predicted molar refractivity (Wildman–Crippen MR) is 43.7 cm³/mol. The van der Waals surface area contributed by atoms with Crippen molar-refractivity contribution >= 4 is 0 Å². The number of hydrogen-bond donors (Lipinski definition) is 1. The average Bonchev–Trinajstić information content (AvgIpc) is 2.37. The van der Waals surface area contributed by atoms with Gasteiger partial charge in [0, 0.05) is 25.4 Å². The zero-order valence-electron chi connectivity index (χ0n) is 6.54. The van der Waals surface area contributed by atoms with Crippen LogP contribution in [-0.2, 0) is 13.6 Å². The minimum Gasteiger partial charge on any atom is -0.302 e. The predicted octanol–water partition coefficient (Wildman–Crippen LogP) is 0.143. The lowest BCUT2D eigenvalue weighted by atomic mass is 10.3. The maximum Gasteiger partial charge on any atom is 0.0576 e. The van der Waals surface area contributed by atoms with Gasteiger partial charge < -0.3 is 5.32 Å². The van der Waals surface area contributed by atoms with Crippen molar-refractivity contribution < 1.29 is 0 Å². The lowest BCUT2D eigenvalue weighted by Gasteiger charge is -1.94. The molecule has 58 valence electrons. The Labute approximate surface area is 66.4 Å². The van der Waals surface area contributed by atoms with Gasteiger partial charge >= 0.3 is 0 Å². The van der Waals surface area contributed by atoms with E-state index in [1.807, 2.05) is 19.4 Å². The number of terminal acetylenes is 1. The molecular formula is C8H11N3. The molecule has 0 saturated carbocycles. The van der Waals surface area contributed by atoms with Crippen LogP contribution in [0.1, 0.15) is 5.56 Å². The van der Waals surface area contributed by atoms with Crippen molar-refractivity contribution in [2.75, 3.05) is 6.54 Å². The maximum absolute atomic E-state index is 5.06. The molecule has 0 radical (unpaired) electrons. The Bertz CT molecular complexity index is 257. The number of hydrogen-bond acceptors (Lipinski definition) is 2. The summed E-state index contributed by atoms with van der Waals surface area (Å²) in [5.41, 5.74) is 1.16. The summed E-state index contributed by atoms with van der Waals surface area (Å²) in [7, 11) is 1.89. The average molecular weight is 149 g/mol. The number of nitrogens with zero attached hydrogens (tertiary/aromatic N) is 2. The zero-order valence-corrected chi connectivity index (χ0v) is 6.54. The van der Waals surface area contributed by atoms with Crippen LogP contribution in [0, 0.1) is 12.3 Å². The number of rotatable bonds is 3. The third kappa shape index (κ3) is 2.44. The summed E-state index contributed by atoms with van der Waals surface area (Å²) < 4.78 is 1.77. The molecule has 1 aromatic rings. The molecule has 0 aliphatic rings. The number of nitrogens with one attached hydrogen (secondary N) is 1. The highest BCUT2D eigenvalue weighted by molar-refractivity contribution is 5.03. The van der Waals surface area contributed by atoms with Gasteiger partial charge in [-0.2, -0.15) is 5.10 Å². The second-order valence-corrected chi connectivity index (χ2v) is 2.33. The maximum atomic E-state index is 5.06. The topological polar surface area (TPSA) is 29.9 Å². The lowest BCUT2D eigenvalue weighted by Crippen LogP contribution is -2.12. The summed E-state index contributed by atoms with van der Waals surface area (Å²) in [6, 6.07) is 0. The molecule has 0 spiro atoms. The fraction of sp³-hybridized carbons (Fsp3) is 0.375. The van der Waals surface area contributed by atoms with E-state index in [0.29, 0.717) is 6.54 Å². The quantitative estimate of drug-likeness (QED) is 0.489. The third-order valence-electron chi connectivity index (χ3n) is 1.31. The molecule has 0 aromatic carbocycles. The molecule has 11 heavy (non-hydrogen) atoms. The normalized spacial score (nSPS) is 9.45. The van der Waals surface area contributed by atoms with Crippen molar-refractivity contribution in [3.8, 4) is 12.3 Å². The Kier molecular flexibility index (Phi) is 2.70. The molecular weight excluding hydrogens is 138 g/mol. The molecule has 1 aromatic heterocycles. The first-order chi connectivity index (χ1) is 5.33. The van der Waals surface area contributed by atoms with Crippen LogP contribution in [0.2, 0.25) is 0 Å². The second kappa shape index (κ2) is 3.79. The van der Waals surface area contributed by atoms with Crippen molar-refractivity contribution in [2.45, 2.75) is 6.54 Å². The zero-order chi connectivity index (χ0) is 8.10. The van der Waals surface area contributed by atoms with Crippen molar-refractivity contribution in [3.05, 3.63) is 18.0 Å². The van der Waals surface area contributed by atoms with Crippen LogP contribution in [-0.4, -0.2) is 16.3 Å². The minimum absolute atomic E-state index is 0.606. The molecule has 3 heteroatoms. The molecule has 0 saturated heterocycles. The van der Waals surface area contributed by atoms with Crippen molar-refractivity contribution in [1.82, 2.24) is 15.1 Å². The van der Waals surface area contributed by atoms with E-state index in [2.05, 4.69) is 16.3 Å². The van der Waals surface area contributed by atoms with E-state index in [-0.39, 0.29) is 0 Å². The van der Waals surface area contributed by atoms with E-state index >= 15 is 0 Å². The van der Waals surface area contributed by atoms with Gasteiger partial charge in [0.1, 0.15) is 0 Å². The van der Waals surface area contributed by atoms with Crippen LogP contribution in [0.5, 0.6) is 0 Å². The van der Waals surface area contributed by atoms with E-state index < -0.39 is 0 Å². The van der Waals surface area contributed by atoms with Crippen LogP contribution >= 0.6 is 0 Å². The first-order valence-electron chi connectivity index (χ1n) is 3.44. The Morgan fingerprint density at radius 1 is 1.82 bits per heavy atom. The second-order valence-electron chi connectivity index (χ2n) is 2.33. The smallest absolute Gasteiger partial charge is 0.0576 e. The summed E-state index contributed by atoms with van der Waals surface area (Å²) in [6.07, 6.45) is 8.85. The Balaban J connectivity index is 2.34. The fourth-order valence-electron chi connectivity index (χ4n) is 0.842. The first-order valence-corrected chi connectivity index (χ1v) is 3.44. The Hall–Kier alpha value is -1.27. The summed E-state index contributed by atoms with van der Waals surface area (Å²) in [5, 5.41) is 7.10. The van der Waals surface area contributed by atoms with Crippen molar-refractivity contribution in [2.24, 2.45) is 7.05 Å². The van der Waals surface area contributed by atoms with Gasteiger partial charge in [-0.1, -0.05) is 5.92 Å². The molecule has 1 N–H and O–H groups in total. The summed E-state index contributed by atoms with van der Waals surface area (Å²) in [5.74, 6) is 2.51. The number of aromatic nitrogens is 2. The van der Waals surface area contributed by atoms with Gasteiger partial charge in [-0.05, 0) is 0 Å². The van der Waals surface area contributed by atoms with E-state index in [9.17, 15) is 0 Å². The molecule has 1 rings (SSSR count). The van der Waals surface area contributed by atoms with E-state index in [4.69, 9.17) is 6.42 Å². The molecule has 0 aliphatic heterocycles. The Morgan fingerprint density at radius 2 is 2.64 bits per heavy atom.